The van der Waals surface area contributed by atoms with Gasteiger partial charge in [0.2, 0.25) is 0 Å². The largest absolute Gasteiger partial charge is 0.368 e. The fourth-order valence-electron chi connectivity index (χ4n) is 2.77. The third-order valence-electron chi connectivity index (χ3n) is 3.84. The minimum atomic E-state index is 0.545. The van der Waals surface area contributed by atoms with Gasteiger partial charge >= 0.3 is 0 Å². The molecule has 0 radical (unpaired) electrons. The lowest BCUT2D eigenvalue weighted by Crippen LogP contribution is -2.19. The van der Waals surface area contributed by atoms with Crippen LogP contribution in [0.5, 0.6) is 0 Å². The molecule has 0 bridgehead atoms. The molecule has 0 spiro atoms. The van der Waals surface area contributed by atoms with Gasteiger partial charge in [-0.2, -0.15) is 5.10 Å². The average molecular weight is 280 g/mol. The zero-order valence-corrected chi connectivity index (χ0v) is 12.5. The van der Waals surface area contributed by atoms with Crippen molar-refractivity contribution in [3.8, 4) is 0 Å². The van der Waals surface area contributed by atoms with Gasteiger partial charge in [0.1, 0.15) is 0 Å². The number of fused-ring (bicyclic) bond motifs is 1. The van der Waals surface area contributed by atoms with Crippen LogP contribution in [-0.4, -0.2) is 16.8 Å². The molecule has 2 aromatic carbocycles. The Hall–Kier alpha value is -2.33. The molecule has 21 heavy (non-hydrogen) atoms. The summed E-state index contributed by atoms with van der Waals surface area (Å²) in [4.78, 5) is 2.21. The van der Waals surface area contributed by atoms with Crippen LogP contribution in [-0.2, 0) is 20.1 Å². The maximum atomic E-state index is 5.83. The third kappa shape index (κ3) is 2.50. The minimum absolute atomic E-state index is 0.545. The van der Waals surface area contributed by atoms with Gasteiger partial charge in [0, 0.05) is 31.7 Å². The lowest BCUT2D eigenvalue weighted by Gasteiger charge is -2.21. The van der Waals surface area contributed by atoms with Crippen LogP contribution in [0.15, 0.2) is 48.5 Å². The molecule has 0 amide bonds. The molecule has 0 saturated heterocycles. The van der Waals surface area contributed by atoms with Crippen molar-refractivity contribution in [3.63, 3.8) is 0 Å². The van der Waals surface area contributed by atoms with Crippen molar-refractivity contribution in [1.29, 1.82) is 0 Å². The molecule has 3 rings (SSSR count). The second kappa shape index (κ2) is 5.58. The Morgan fingerprint density at radius 1 is 1.10 bits per heavy atom. The summed E-state index contributed by atoms with van der Waals surface area (Å²) >= 11 is 0. The van der Waals surface area contributed by atoms with Gasteiger partial charge in [0.15, 0.2) is 0 Å². The molecule has 0 unspecified atom stereocenters. The number of aromatic nitrogens is 2. The molecule has 0 aliphatic carbocycles. The number of nitrogens with zero attached hydrogens (tertiary/aromatic N) is 3. The van der Waals surface area contributed by atoms with E-state index in [0.717, 1.165) is 29.0 Å². The predicted octanol–water partition coefficient (Wildman–Crippen LogP) is 2.67. The molecule has 3 aromatic rings. The van der Waals surface area contributed by atoms with Crippen LogP contribution in [0, 0.1) is 0 Å². The first-order valence-electron chi connectivity index (χ1n) is 7.10. The number of para-hydroxylation sites is 2. The van der Waals surface area contributed by atoms with Crippen LogP contribution in [0.1, 0.15) is 11.3 Å². The molecule has 4 heteroatoms. The van der Waals surface area contributed by atoms with Crippen molar-refractivity contribution in [2.45, 2.75) is 13.1 Å². The van der Waals surface area contributed by atoms with Gasteiger partial charge < -0.3 is 10.6 Å². The Morgan fingerprint density at radius 3 is 2.62 bits per heavy atom. The Labute approximate surface area is 124 Å². The molecule has 0 aliphatic heterocycles. The van der Waals surface area contributed by atoms with Crippen LogP contribution in [0.4, 0.5) is 5.69 Å². The lowest BCUT2D eigenvalue weighted by atomic mass is 10.1. The smallest absolute Gasteiger partial charge is 0.0896 e. The highest BCUT2D eigenvalue weighted by molar-refractivity contribution is 5.82. The number of anilines is 1. The van der Waals surface area contributed by atoms with Crippen molar-refractivity contribution < 1.29 is 0 Å². The molecule has 0 atom stereocenters. The van der Waals surface area contributed by atoms with Gasteiger partial charge in [-0.3, -0.25) is 4.68 Å². The first-order chi connectivity index (χ1) is 10.2. The van der Waals surface area contributed by atoms with Gasteiger partial charge in [-0.05, 0) is 17.7 Å². The van der Waals surface area contributed by atoms with Crippen molar-refractivity contribution >= 4 is 16.6 Å². The zero-order valence-electron chi connectivity index (χ0n) is 12.5. The van der Waals surface area contributed by atoms with E-state index in [2.05, 4.69) is 47.4 Å². The maximum Gasteiger partial charge on any atom is 0.0896 e. The molecule has 0 aliphatic rings. The molecule has 0 saturated carbocycles. The second-order valence-corrected chi connectivity index (χ2v) is 5.28. The number of benzene rings is 2. The zero-order chi connectivity index (χ0) is 14.8. The molecular formula is C17H20N4. The highest BCUT2D eigenvalue weighted by Gasteiger charge is 2.12. The van der Waals surface area contributed by atoms with E-state index in [1.807, 2.05) is 29.9 Å². The molecule has 2 N–H and O–H groups in total. The summed E-state index contributed by atoms with van der Waals surface area (Å²) in [6.07, 6.45) is 0. The molecular weight excluding hydrogens is 260 g/mol. The van der Waals surface area contributed by atoms with E-state index in [0.29, 0.717) is 6.54 Å². The maximum absolute atomic E-state index is 5.83. The van der Waals surface area contributed by atoms with E-state index in [-0.39, 0.29) is 0 Å². The number of aryl methyl sites for hydroxylation is 1. The summed E-state index contributed by atoms with van der Waals surface area (Å²) in [6.45, 7) is 1.31. The van der Waals surface area contributed by atoms with E-state index >= 15 is 0 Å². The quantitative estimate of drug-likeness (QED) is 0.799. The molecule has 1 aromatic heterocycles. The van der Waals surface area contributed by atoms with Gasteiger partial charge in [0.05, 0.1) is 17.8 Å². The monoisotopic (exact) mass is 280 g/mol. The van der Waals surface area contributed by atoms with E-state index in [1.54, 1.807) is 0 Å². The summed E-state index contributed by atoms with van der Waals surface area (Å²) in [6, 6.07) is 16.6. The van der Waals surface area contributed by atoms with Crippen molar-refractivity contribution in [3.05, 3.63) is 59.8 Å². The summed E-state index contributed by atoms with van der Waals surface area (Å²) in [5, 5.41) is 5.86. The van der Waals surface area contributed by atoms with Crippen molar-refractivity contribution in [1.82, 2.24) is 9.78 Å². The SMILES string of the molecule is CN(Cc1nn(C)c2ccccc12)c1ccccc1CN. The first kappa shape index (κ1) is 13.6. The normalized spacial score (nSPS) is 11.0. The third-order valence-corrected chi connectivity index (χ3v) is 3.84. The van der Waals surface area contributed by atoms with Crippen molar-refractivity contribution in [2.75, 3.05) is 11.9 Å². The van der Waals surface area contributed by atoms with E-state index in [4.69, 9.17) is 5.73 Å². The summed E-state index contributed by atoms with van der Waals surface area (Å²) in [5.41, 5.74) is 10.4. The number of hydrogen-bond acceptors (Lipinski definition) is 3. The lowest BCUT2D eigenvalue weighted by molar-refractivity contribution is 0.753. The number of rotatable bonds is 4. The summed E-state index contributed by atoms with van der Waals surface area (Å²) in [5.74, 6) is 0. The van der Waals surface area contributed by atoms with Crippen LogP contribution in [0.2, 0.25) is 0 Å². The number of hydrogen-bond donors (Lipinski definition) is 1. The summed E-state index contributed by atoms with van der Waals surface area (Å²) < 4.78 is 1.94. The molecule has 4 nitrogen and oxygen atoms in total. The van der Waals surface area contributed by atoms with E-state index < -0.39 is 0 Å². The van der Waals surface area contributed by atoms with Gasteiger partial charge in [-0.15, -0.1) is 0 Å². The van der Waals surface area contributed by atoms with Crippen LogP contribution >= 0.6 is 0 Å². The van der Waals surface area contributed by atoms with Crippen LogP contribution in [0.25, 0.3) is 10.9 Å². The van der Waals surface area contributed by atoms with Gasteiger partial charge in [-0.25, -0.2) is 0 Å². The predicted molar refractivity (Wildman–Crippen MR) is 87.2 cm³/mol. The van der Waals surface area contributed by atoms with Gasteiger partial charge in [-0.1, -0.05) is 36.4 Å². The average Bonchev–Trinajstić information content (AvgIpc) is 2.84. The Balaban J connectivity index is 1.95. The topological polar surface area (TPSA) is 47.1 Å². The molecule has 108 valence electrons. The minimum Gasteiger partial charge on any atom is -0.368 e. The Morgan fingerprint density at radius 2 is 1.81 bits per heavy atom. The molecule has 1 heterocycles. The Kier molecular flexibility index (Phi) is 3.62. The van der Waals surface area contributed by atoms with E-state index in [1.165, 1.54) is 5.39 Å². The van der Waals surface area contributed by atoms with Gasteiger partial charge in [0.25, 0.3) is 0 Å². The van der Waals surface area contributed by atoms with Crippen LogP contribution in [0.3, 0.4) is 0 Å². The Bertz CT molecular complexity index is 760. The standard InChI is InChI=1S/C17H20N4/c1-20(16-9-5-3-7-13(16)11-18)12-15-14-8-4-6-10-17(14)21(2)19-15/h3-10H,11-12,18H2,1-2H3. The first-order valence-corrected chi connectivity index (χ1v) is 7.10. The summed E-state index contributed by atoms with van der Waals surface area (Å²) in [7, 11) is 4.07. The second-order valence-electron chi connectivity index (χ2n) is 5.28. The fraction of sp³-hybridized carbons (Fsp3) is 0.235. The highest BCUT2D eigenvalue weighted by Crippen LogP contribution is 2.23. The van der Waals surface area contributed by atoms with E-state index in [9.17, 15) is 0 Å². The highest BCUT2D eigenvalue weighted by atomic mass is 15.3. The van der Waals surface area contributed by atoms with Crippen LogP contribution < -0.4 is 10.6 Å². The van der Waals surface area contributed by atoms with Crippen molar-refractivity contribution in [2.24, 2.45) is 12.8 Å². The number of nitrogens with two attached hydrogens (primary N) is 1. The molecule has 0 fully saturated rings. The fourth-order valence-corrected chi connectivity index (χ4v) is 2.77.